The molecule has 0 aliphatic carbocycles. The summed E-state index contributed by atoms with van der Waals surface area (Å²) in [5, 5.41) is 6.12. The van der Waals surface area contributed by atoms with Gasteiger partial charge in [-0.25, -0.2) is 14.6 Å². The molecule has 1 aromatic carbocycles. The maximum Gasteiger partial charge on any atom is 0.189 e. The molecule has 0 fully saturated rings. The summed E-state index contributed by atoms with van der Waals surface area (Å²) in [6.45, 7) is 0.731. The van der Waals surface area contributed by atoms with Crippen LogP contribution in [0, 0.1) is 0 Å². The van der Waals surface area contributed by atoms with Crippen LogP contribution in [0.4, 0.5) is 0 Å². The van der Waals surface area contributed by atoms with Gasteiger partial charge < -0.3 is 0 Å². The van der Waals surface area contributed by atoms with Gasteiger partial charge in [-0.1, -0.05) is 42.1 Å². The lowest BCUT2D eigenvalue weighted by molar-refractivity contribution is 0.699. The molecule has 2 aromatic heterocycles. The van der Waals surface area contributed by atoms with Crippen LogP contribution < -0.4 is 0 Å². The van der Waals surface area contributed by atoms with Gasteiger partial charge in [-0.15, -0.1) is 0 Å². The van der Waals surface area contributed by atoms with E-state index < -0.39 is 0 Å². The van der Waals surface area contributed by atoms with Crippen LogP contribution in [-0.2, 0) is 6.54 Å². The molecule has 3 aromatic rings. The van der Waals surface area contributed by atoms with Crippen molar-refractivity contribution in [3.63, 3.8) is 0 Å². The highest BCUT2D eigenvalue weighted by Crippen LogP contribution is 2.15. The van der Waals surface area contributed by atoms with E-state index in [9.17, 15) is 0 Å². The molecule has 0 spiro atoms. The standard InChI is InChI=1S/C13H12N4S/c1-18-13-14-7-11-8-15-17(12(11)16-13)9-10-5-3-2-4-6-10/h2-8H,9H2,1H3. The molecular weight excluding hydrogens is 244 g/mol. The van der Waals surface area contributed by atoms with Gasteiger partial charge in [-0.2, -0.15) is 5.10 Å². The lowest BCUT2D eigenvalue weighted by Gasteiger charge is -2.03. The van der Waals surface area contributed by atoms with E-state index in [4.69, 9.17) is 0 Å². The summed E-state index contributed by atoms with van der Waals surface area (Å²) in [6.07, 6.45) is 5.60. The van der Waals surface area contributed by atoms with Crippen molar-refractivity contribution >= 4 is 22.8 Å². The molecular formula is C13H12N4S. The summed E-state index contributed by atoms with van der Waals surface area (Å²) in [7, 11) is 0. The Morgan fingerprint density at radius 3 is 2.78 bits per heavy atom. The van der Waals surface area contributed by atoms with Gasteiger partial charge in [0.25, 0.3) is 0 Å². The highest BCUT2D eigenvalue weighted by Gasteiger charge is 2.06. The first-order valence-electron chi connectivity index (χ1n) is 5.63. The molecule has 0 aliphatic rings. The normalized spacial score (nSPS) is 10.9. The highest BCUT2D eigenvalue weighted by atomic mass is 32.2. The molecule has 0 amide bonds. The second-order valence-electron chi connectivity index (χ2n) is 3.92. The third-order valence-electron chi connectivity index (χ3n) is 2.71. The fourth-order valence-electron chi connectivity index (χ4n) is 1.82. The largest absolute Gasteiger partial charge is 0.243 e. The summed E-state index contributed by atoms with van der Waals surface area (Å²) >= 11 is 1.54. The van der Waals surface area contributed by atoms with E-state index in [1.165, 1.54) is 17.3 Å². The number of fused-ring (bicyclic) bond motifs is 1. The maximum absolute atomic E-state index is 4.50. The molecule has 2 heterocycles. The number of rotatable bonds is 3. The van der Waals surface area contributed by atoms with Gasteiger partial charge in [0.05, 0.1) is 18.1 Å². The fourth-order valence-corrected chi connectivity index (χ4v) is 2.16. The molecule has 0 bridgehead atoms. The van der Waals surface area contributed by atoms with Crippen molar-refractivity contribution in [1.29, 1.82) is 0 Å². The maximum atomic E-state index is 4.50. The van der Waals surface area contributed by atoms with Crippen molar-refractivity contribution < 1.29 is 0 Å². The Bertz CT molecular complexity index is 663. The monoisotopic (exact) mass is 256 g/mol. The zero-order valence-corrected chi connectivity index (χ0v) is 10.8. The molecule has 0 radical (unpaired) electrons. The van der Waals surface area contributed by atoms with Crippen LogP contribution in [0.2, 0.25) is 0 Å². The van der Waals surface area contributed by atoms with Crippen molar-refractivity contribution in [1.82, 2.24) is 19.7 Å². The van der Waals surface area contributed by atoms with Crippen molar-refractivity contribution in [2.24, 2.45) is 0 Å². The van der Waals surface area contributed by atoms with Gasteiger partial charge in [0, 0.05) is 6.20 Å². The number of nitrogens with zero attached hydrogens (tertiary/aromatic N) is 4. The summed E-state index contributed by atoms with van der Waals surface area (Å²) in [5.74, 6) is 0. The first kappa shape index (κ1) is 11.2. The minimum Gasteiger partial charge on any atom is -0.243 e. The van der Waals surface area contributed by atoms with Gasteiger partial charge in [0.2, 0.25) is 0 Å². The third-order valence-corrected chi connectivity index (χ3v) is 3.27. The Balaban J connectivity index is 2.01. The van der Waals surface area contributed by atoms with Crippen LogP contribution in [0.3, 0.4) is 0 Å². The summed E-state index contributed by atoms with van der Waals surface area (Å²) in [6, 6.07) is 10.2. The lowest BCUT2D eigenvalue weighted by atomic mass is 10.2. The molecule has 3 rings (SSSR count). The zero-order chi connectivity index (χ0) is 12.4. The minimum absolute atomic E-state index is 0.731. The quantitative estimate of drug-likeness (QED) is 0.533. The van der Waals surface area contributed by atoms with Crippen LogP contribution in [0.5, 0.6) is 0 Å². The van der Waals surface area contributed by atoms with E-state index >= 15 is 0 Å². The van der Waals surface area contributed by atoms with E-state index in [1.54, 1.807) is 0 Å². The van der Waals surface area contributed by atoms with E-state index in [1.807, 2.05) is 41.5 Å². The SMILES string of the molecule is CSc1ncc2cnn(Cc3ccccc3)c2n1. The Hall–Kier alpha value is -1.88. The summed E-state index contributed by atoms with van der Waals surface area (Å²) in [5.41, 5.74) is 2.10. The molecule has 90 valence electrons. The highest BCUT2D eigenvalue weighted by molar-refractivity contribution is 7.98. The number of thioether (sulfide) groups is 1. The van der Waals surface area contributed by atoms with Crippen LogP contribution in [-0.4, -0.2) is 26.0 Å². The minimum atomic E-state index is 0.731. The van der Waals surface area contributed by atoms with Gasteiger partial charge in [-0.3, -0.25) is 0 Å². The average molecular weight is 256 g/mol. The average Bonchev–Trinajstić information content (AvgIpc) is 2.82. The topological polar surface area (TPSA) is 43.6 Å². The fraction of sp³-hybridized carbons (Fsp3) is 0.154. The third kappa shape index (κ3) is 2.09. The first-order valence-corrected chi connectivity index (χ1v) is 6.86. The molecule has 0 atom stereocenters. The Morgan fingerprint density at radius 2 is 2.00 bits per heavy atom. The molecule has 0 unspecified atom stereocenters. The summed E-state index contributed by atoms with van der Waals surface area (Å²) in [4.78, 5) is 8.75. The van der Waals surface area contributed by atoms with E-state index in [-0.39, 0.29) is 0 Å². The van der Waals surface area contributed by atoms with E-state index in [0.29, 0.717) is 0 Å². The number of benzene rings is 1. The van der Waals surface area contributed by atoms with E-state index in [2.05, 4.69) is 27.2 Å². The molecule has 0 saturated heterocycles. The molecule has 0 saturated carbocycles. The first-order chi connectivity index (χ1) is 8.86. The van der Waals surface area contributed by atoms with Gasteiger partial charge in [0.15, 0.2) is 10.8 Å². The number of aromatic nitrogens is 4. The van der Waals surface area contributed by atoms with Crippen LogP contribution in [0.1, 0.15) is 5.56 Å². The predicted molar refractivity (Wildman–Crippen MR) is 72.6 cm³/mol. The second-order valence-corrected chi connectivity index (χ2v) is 4.70. The number of hydrogen-bond donors (Lipinski definition) is 0. The predicted octanol–water partition coefficient (Wildman–Crippen LogP) is 2.60. The van der Waals surface area contributed by atoms with Crippen LogP contribution >= 0.6 is 11.8 Å². The van der Waals surface area contributed by atoms with Crippen molar-refractivity contribution in [2.45, 2.75) is 11.7 Å². The Kier molecular flexibility index (Phi) is 2.98. The summed E-state index contributed by atoms with van der Waals surface area (Å²) < 4.78 is 1.91. The van der Waals surface area contributed by atoms with E-state index in [0.717, 1.165) is 22.7 Å². The second kappa shape index (κ2) is 4.78. The van der Waals surface area contributed by atoms with Crippen molar-refractivity contribution in [3.8, 4) is 0 Å². The van der Waals surface area contributed by atoms with Crippen molar-refractivity contribution in [3.05, 3.63) is 48.3 Å². The Labute approximate surface area is 109 Å². The Morgan fingerprint density at radius 1 is 1.17 bits per heavy atom. The lowest BCUT2D eigenvalue weighted by Crippen LogP contribution is -2.02. The molecule has 5 heteroatoms. The molecule has 18 heavy (non-hydrogen) atoms. The van der Waals surface area contributed by atoms with Crippen molar-refractivity contribution in [2.75, 3.05) is 6.26 Å². The molecule has 0 aliphatic heterocycles. The van der Waals surface area contributed by atoms with Gasteiger partial charge >= 0.3 is 0 Å². The zero-order valence-electron chi connectivity index (χ0n) is 9.95. The number of hydrogen-bond acceptors (Lipinski definition) is 4. The molecule has 4 nitrogen and oxygen atoms in total. The smallest absolute Gasteiger partial charge is 0.189 e. The van der Waals surface area contributed by atoms with Gasteiger partial charge in [0.1, 0.15) is 0 Å². The van der Waals surface area contributed by atoms with Crippen LogP contribution in [0.15, 0.2) is 47.9 Å². The van der Waals surface area contributed by atoms with Gasteiger partial charge in [-0.05, 0) is 11.8 Å². The van der Waals surface area contributed by atoms with Crippen LogP contribution in [0.25, 0.3) is 11.0 Å². The molecule has 0 N–H and O–H groups in total.